The summed E-state index contributed by atoms with van der Waals surface area (Å²) < 4.78 is 32.5. The van der Waals surface area contributed by atoms with E-state index in [1.165, 1.54) is 16.4 Å². The van der Waals surface area contributed by atoms with Crippen LogP contribution >= 0.6 is 0 Å². The van der Waals surface area contributed by atoms with Crippen LogP contribution < -0.4 is 5.32 Å². The molecular weight excluding hydrogens is 418 g/mol. The van der Waals surface area contributed by atoms with Gasteiger partial charge in [0.15, 0.2) is 6.61 Å². The average Bonchev–Trinajstić information content (AvgIpc) is 2.78. The first kappa shape index (κ1) is 22.5. The van der Waals surface area contributed by atoms with Crippen LogP contribution in [0.1, 0.15) is 40.7 Å². The number of nitrogens with zero attached hydrogens (tertiary/aromatic N) is 2. The molecule has 0 bridgehead atoms. The van der Waals surface area contributed by atoms with Crippen LogP contribution in [-0.4, -0.2) is 44.3 Å². The second-order valence-electron chi connectivity index (χ2n) is 7.26. The van der Waals surface area contributed by atoms with Gasteiger partial charge in [-0.15, -0.1) is 0 Å². The molecule has 1 amide bonds. The van der Waals surface area contributed by atoms with Gasteiger partial charge in [-0.1, -0.05) is 12.5 Å². The van der Waals surface area contributed by atoms with Gasteiger partial charge < -0.3 is 10.1 Å². The summed E-state index contributed by atoms with van der Waals surface area (Å²) in [4.78, 5) is 24.5. The number of amides is 1. The van der Waals surface area contributed by atoms with E-state index in [-0.39, 0.29) is 10.5 Å². The van der Waals surface area contributed by atoms with Crippen molar-refractivity contribution in [2.24, 2.45) is 0 Å². The standard InChI is InChI=1S/C22H23N3O5S/c1-16-5-8-18(13-20(16)31(28,29)25-11-3-2-4-12-25)22(27)30-15-21(26)24-19-9-6-17(14-23)7-10-19/h5-10,13H,2-4,11-12,15H2,1H3,(H,24,26). The van der Waals surface area contributed by atoms with Crippen molar-refractivity contribution in [2.45, 2.75) is 31.1 Å². The number of benzene rings is 2. The van der Waals surface area contributed by atoms with Gasteiger partial charge >= 0.3 is 5.97 Å². The van der Waals surface area contributed by atoms with Gasteiger partial charge in [0.25, 0.3) is 5.91 Å². The molecule has 9 heteroatoms. The third-order valence-electron chi connectivity index (χ3n) is 4.99. The fourth-order valence-corrected chi connectivity index (χ4v) is 5.06. The van der Waals surface area contributed by atoms with E-state index in [1.807, 2.05) is 6.07 Å². The quantitative estimate of drug-likeness (QED) is 0.689. The topological polar surface area (TPSA) is 117 Å². The zero-order valence-electron chi connectivity index (χ0n) is 17.1. The minimum Gasteiger partial charge on any atom is -0.452 e. The normalized spacial score (nSPS) is 14.5. The van der Waals surface area contributed by atoms with Crippen LogP contribution in [-0.2, 0) is 19.6 Å². The highest BCUT2D eigenvalue weighted by Crippen LogP contribution is 2.24. The Morgan fingerprint density at radius 1 is 1.10 bits per heavy atom. The lowest BCUT2D eigenvalue weighted by Gasteiger charge is -2.26. The van der Waals surface area contributed by atoms with Crippen LogP contribution in [0.3, 0.4) is 0 Å². The van der Waals surface area contributed by atoms with E-state index in [1.54, 1.807) is 37.3 Å². The van der Waals surface area contributed by atoms with E-state index in [2.05, 4.69) is 5.32 Å². The number of carbonyl (C=O) groups is 2. The lowest BCUT2D eigenvalue weighted by molar-refractivity contribution is -0.119. The maximum Gasteiger partial charge on any atom is 0.338 e. The van der Waals surface area contributed by atoms with Crippen molar-refractivity contribution in [3.8, 4) is 6.07 Å². The fraction of sp³-hybridized carbons (Fsp3) is 0.318. The molecule has 1 saturated heterocycles. The predicted molar refractivity (Wildman–Crippen MR) is 114 cm³/mol. The van der Waals surface area contributed by atoms with Crippen LogP contribution in [0.5, 0.6) is 0 Å². The molecule has 31 heavy (non-hydrogen) atoms. The van der Waals surface area contributed by atoms with Crippen molar-refractivity contribution in [3.05, 3.63) is 59.2 Å². The molecule has 1 aliphatic rings. The molecule has 0 saturated carbocycles. The fourth-order valence-electron chi connectivity index (χ4n) is 3.29. The highest BCUT2D eigenvalue weighted by Gasteiger charge is 2.28. The summed E-state index contributed by atoms with van der Waals surface area (Å²) in [5, 5.41) is 11.3. The number of ether oxygens (including phenoxy) is 1. The molecule has 0 atom stereocenters. The molecule has 1 heterocycles. The maximum atomic E-state index is 13.0. The van der Waals surface area contributed by atoms with Crippen LogP contribution in [0, 0.1) is 18.3 Å². The number of hydrogen-bond donors (Lipinski definition) is 1. The number of nitrogens with one attached hydrogen (secondary N) is 1. The minimum absolute atomic E-state index is 0.0624. The Kier molecular flexibility index (Phi) is 7.05. The Morgan fingerprint density at radius 2 is 1.77 bits per heavy atom. The molecule has 3 rings (SSSR count). The van der Waals surface area contributed by atoms with Crippen molar-refractivity contribution in [2.75, 3.05) is 25.0 Å². The second-order valence-corrected chi connectivity index (χ2v) is 9.16. The summed E-state index contributed by atoms with van der Waals surface area (Å²) in [5.74, 6) is -1.34. The molecule has 2 aromatic rings. The predicted octanol–water partition coefficient (Wildman–Crippen LogP) is 2.84. The average molecular weight is 442 g/mol. The molecule has 0 aliphatic carbocycles. The van der Waals surface area contributed by atoms with Crippen LogP contribution in [0.25, 0.3) is 0 Å². The molecular formula is C22H23N3O5S. The van der Waals surface area contributed by atoms with Gasteiger partial charge in [-0.2, -0.15) is 9.57 Å². The molecule has 1 aliphatic heterocycles. The number of carbonyl (C=O) groups excluding carboxylic acids is 2. The molecule has 0 radical (unpaired) electrons. The number of hydrogen-bond acceptors (Lipinski definition) is 6. The molecule has 2 aromatic carbocycles. The SMILES string of the molecule is Cc1ccc(C(=O)OCC(=O)Nc2ccc(C#N)cc2)cc1S(=O)(=O)N1CCCCC1. The Hall–Kier alpha value is -3.22. The molecule has 1 N–H and O–H groups in total. The molecule has 162 valence electrons. The molecule has 8 nitrogen and oxygen atoms in total. The molecule has 0 spiro atoms. The summed E-state index contributed by atoms with van der Waals surface area (Å²) in [6.07, 6.45) is 2.63. The van der Waals surface area contributed by atoms with E-state index in [9.17, 15) is 18.0 Å². The van der Waals surface area contributed by atoms with Gasteiger partial charge in [-0.3, -0.25) is 4.79 Å². The molecule has 0 aromatic heterocycles. The monoisotopic (exact) mass is 441 g/mol. The Morgan fingerprint density at radius 3 is 2.42 bits per heavy atom. The lowest BCUT2D eigenvalue weighted by Crippen LogP contribution is -2.36. The third-order valence-corrected chi connectivity index (χ3v) is 7.03. The number of piperidine rings is 1. The highest BCUT2D eigenvalue weighted by atomic mass is 32.2. The number of sulfonamides is 1. The number of nitriles is 1. The van der Waals surface area contributed by atoms with E-state index >= 15 is 0 Å². The molecule has 0 unspecified atom stereocenters. The maximum absolute atomic E-state index is 13.0. The number of esters is 1. The second kappa shape index (κ2) is 9.73. The smallest absolute Gasteiger partial charge is 0.338 e. The Balaban J connectivity index is 1.65. The van der Waals surface area contributed by atoms with E-state index in [0.29, 0.717) is 29.9 Å². The van der Waals surface area contributed by atoms with Gasteiger partial charge in [0.2, 0.25) is 10.0 Å². The number of aryl methyl sites for hydroxylation is 1. The van der Waals surface area contributed by atoms with Crippen LogP contribution in [0.4, 0.5) is 5.69 Å². The van der Waals surface area contributed by atoms with E-state index in [0.717, 1.165) is 19.3 Å². The minimum atomic E-state index is -3.70. The summed E-state index contributed by atoms with van der Waals surface area (Å²) in [7, 11) is -3.70. The molecule has 1 fully saturated rings. The van der Waals surface area contributed by atoms with Gasteiger partial charge in [-0.25, -0.2) is 13.2 Å². The zero-order chi connectivity index (χ0) is 22.4. The Bertz CT molecular complexity index is 1110. The largest absolute Gasteiger partial charge is 0.452 e. The van der Waals surface area contributed by atoms with Crippen molar-refractivity contribution in [3.63, 3.8) is 0 Å². The first-order valence-corrected chi connectivity index (χ1v) is 11.3. The summed E-state index contributed by atoms with van der Waals surface area (Å²) in [6.45, 7) is 2.08. The van der Waals surface area contributed by atoms with Crippen molar-refractivity contribution in [1.29, 1.82) is 5.26 Å². The lowest BCUT2D eigenvalue weighted by atomic mass is 10.1. The summed E-state index contributed by atoms with van der Waals surface area (Å²) >= 11 is 0. The first-order chi connectivity index (χ1) is 14.8. The summed E-state index contributed by atoms with van der Waals surface area (Å²) in [6, 6.07) is 12.6. The van der Waals surface area contributed by atoms with Crippen LogP contribution in [0.2, 0.25) is 0 Å². The van der Waals surface area contributed by atoms with Crippen LogP contribution in [0.15, 0.2) is 47.4 Å². The van der Waals surface area contributed by atoms with Crippen molar-refractivity contribution < 1.29 is 22.7 Å². The van der Waals surface area contributed by atoms with Gasteiger partial charge in [-0.05, 0) is 61.7 Å². The van der Waals surface area contributed by atoms with E-state index in [4.69, 9.17) is 10.00 Å². The van der Waals surface area contributed by atoms with Gasteiger partial charge in [0, 0.05) is 18.8 Å². The number of rotatable bonds is 6. The van der Waals surface area contributed by atoms with Crippen molar-refractivity contribution in [1.82, 2.24) is 4.31 Å². The third kappa shape index (κ3) is 5.48. The number of anilines is 1. The summed E-state index contributed by atoms with van der Waals surface area (Å²) in [5.41, 5.74) is 1.53. The first-order valence-electron chi connectivity index (χ1n) is 9.89. The van der Waals surface area contributed by atoms with Gasteiger partial charge in [0.1, 0.15) is 0 Å². The van der Waals surface area contributed by atoms with Gasteiger partial charge in [0.05, 0.1) is 22.1 Å². The van der Waals surface area contributed by atoms with E-state index < -0.39 is 28.5 Å². The Labute approximate surface area is 181 Å². The highest BCUT2D eigenvalue weighted by molar-refractivity contribution is 7.89. The zero-order valence-corrected chi connectivity index (χ0v) is 17.9. The van der Waals surface area contributed by atoms with Crippen molar-refractivity contribution >= 4 is 27.6 Å².